The van der Waals surface area contributed by atoms with Crippen molar-refractivity contribution in [1.29, 1.82) is 0 Å². The van der Waals surface area contributed by atoms with Gasteiger partial charge in [0, 0.05) is 24.9 Å². The number of aryl methyl sites for hydroxylation is 1. The normalized spacial score (nSPS) is 12.0. The maximum Gasteiger partial charge on any atom is 0.234 e. The Morgan fingerprint density at radius 1 is 1.44 bits per heavy atom. The number of hydrogen-bond donors (Lipinski definition) is 2. The second kappa shape index (κ2) is 6.18. The Labute approximate surface area is 106 Å². The molecule has 0 aliphatic carbocycles. The number of anilines is 1. The van der Waals surface area contributed by atoms with E-state index in [4.69, 9.17) is 4.52 Å². The van der Waals surface area contributed by atoms with E-state index in [-0.39, 0.29) is 24.3 Å². The molecule has 18 heavy (non-hydrogen) atoms. The molecule has 1 rings (SSSR count). The molecule has 2 N–H and O–H groups in total. The van der Waals surface area contributed by atoms with Crippen molar-refractivity contribution in [3.63, 3.8) is 0 Å². The van der Waals surface area contributed by atoms with Gasteiger partial charge >= 0.3 is 0 Å². The third-order valence-electron chi connectivity index (χ3n) is 2.55. The molecule has 0 bridgehead atoms. The Hall–Kier alpha value is -1.85. The number of amides is 2. The molecule has 1 aromatic heterocycles. The first kappa shape index (κ1) is 14.2. The van der Waals surface area contributed by atoms with E-state index in [0.29, 0.717) is 5.88 Å². The minimum absolute atomic E-state index is 0.153. The van der Waals surface area contributed by atoms with Crippen LogP contribution < -0.4 is 10.6 Å². The summed E-state index contributed by atoms with van der Waals surface area (Å²) in [4.78, 5) is 22.5. The van der Waals surface area contributed by atoms with E-state index in [1.165, 1.54) is 6.92 Å². The van der Waals surface area contributed by atoms with Crippen molar-refractivity contribution < 1.29 is 14.1 Å². The zero-order valence-corrected chi connectivity index (χ0v) is 11.2. The van der Waals surface area contributed by atoms with Crippen LogP contribution in [0.15, 0.2) is 4.52 Å². The lowest BCUT2D eigenvalue weighted by Gasteiger charge is -2.11. The van der Waals surface area contributed by atoms with Crippen LogP contribution in [-0.2, 0) is 16.0 Å². The highest BCUT2D eigenvalue weighted by Gasteiger charge is 2.15. The first-order chi connectivity index (χ1) is 8.43. The van der Waals surface area contributed by atoms with Gasteiger partial charge in [-0.15, -0.1) is 0 Å². The second-order valence-electron chi connectivity index (χ2n) is 4.29. The average molecular weight is 253 g/mol. The van der Waals surface area contributed by atoms with Gasteiger partial charge in [-0.05, 0) is 20.3 Å². The van der Waals surface area contributed by atoms with E-state index < -0.39 is 0 Å². The Kier molecular flexibility index (Phi) is 4.88. The molecule has 1 atom stereocenters. The molecule has 100 valence electrons. The van der Waals surface area contributed by atoms with Crippen molar-refractivity contribution in [1.82, 2.24) is 10.5 Å². The lowest BCUT2D eigenvalue weighted by atomic mass is 10.2. The monoisotopic (exact) mass is 253 g/mol. The Balaban J connectivity index is 2.54. The average Bonchev–Trinajstić information content (AvgIpc) is 2.58. The summed E-state index contributed by atoms with van der Waals surface area (Å²) in [6.45, 7) is 7.01. The lowest BCUT2D eigenvalue weighted by Crippen LogP contribution is -2.33. The van der Waals surface area contributed by atoms with Gasteiger partial charge in [0.05, 0.1) is 5.69 Å². The van der Waals surface area contributed by atoms with Crippen LogP contribution in [0.4, 0.5) is 5.88 Å². The molecule has 6 heteroatoms. The number of aromatic nitrogens is 1. The Bertz CT molecular complexity index is 440. The number of nitrogens with one attached hydrogen (secondary N) is 2. The maximum atomic E-state index is 11.7. The fraction of sp³-hybridized carbons (Fsp3) is 0.583. The summed E-state index contributed by atoms with van der Waals surface area (Å²) in [6.07, 6.45) is 0.953. The first-order valence-corrected chi connectivity index (χ1v) is 5.96. The predicted molar refractivity (Wildman–Crippen MR) is 67.1 cm³/mol. The van der Waals surface area contributed by atoms with Crippen LogP contribution in [0.2, 0.25) is 0 Å². The van der Waals surface area contributed by atoms with E-state index in [1.54, 1.807) is 6.92 Å². The summed E-state index contributed by atoms with van der Waals surface area (Å²) in [7, 11) is 0. The highest BCUT2D eigenvalue weighted by atomic mass is 16.5. The molecule has 0 radical (unpaired) electrons. The molecule has 0 saturated carbocycles. The number of hydrogen-bond acceptors (Lipinski definition) is 4. The molecular formula is C12H19N3O3. The third-order valence-corrected chi connectivity index (χ3v) is 2.55. The Morgan fingerprint density at radius 3 is 2.61 bits per heavy atom. The number of carbonyl (C=O) groups is 2. The molecule has 1 aromatic rings. The van der Waals surface area contributed by atoms with Gasteiger partial charge in [-0.25, -0.2) is 0 Å². The minimum Gasteiger partial charge on any atom is -0.353 e. The lowest BCUT2D eigenvalue weighted by molar-refractivity contribution is -0.120. The molecule has 0 spiro atoms. The highest BCUT2D eigenvalue weighted by molar-refractivity contribution is 5.90. The maximum absolute atomic E-state index is 11.7. The summed E-state index contributed by atoms with van der Waals surface area (Å²) in [5, 5.41) is 9.15. The van der Waals surface area contributed by atoms with Gasteiger partial charge in [-0.1, -0.05) is 12.1 Å². The van der Waals surface area contributed by atoms with Gasteiger partial charge in [0.2, 0.25) is 17.7 Å². The molecule has 0 aliphatic heterocycles. The summed E-state index contributed by atoms with van der Waals surface area (Å²) >= 11 is 0. The molecule has 1 heterocycles. The summed E-state index contributed by atoms with van der Waals surface area (Å²) in [5.74, 6) is 0.0180. The van der Waals surface area contributed by atoms with Gasteiger partial charge in [0.15, 0.2) is 0 Å². The molecule has 2 amide bonds. The van der Waals surface area contributed by atoms with Crippen molar-refractivity contribution in [3.05, 3.63) is 11.3 Å². The quantitative estimate of drug-likeness (QED) is 0.830. The summed E-state index contributed by atoms with van der Waals surface area (Å²) < 4.78 is 5.05. The molecule has 6 nitrogen and oxygen atoms in total. The van der Waals surface area contributed by atoms with Crippen LogP contribution in [0.25, 0.3) is 0 Å². The number of rotatable bonds is 5. The predicted octanol–water partition coefficient (Wildman–Crippen LogP) is 1.40. The fourth-order valence-electron chi connectivity index (χ4n) is 1.67. The zero-order chi connectivity index (χ0) is 13.7. The van der Waals surface area contributed by atoms with Crippen molar-refractivity contribution in [3.8, 4) is 0 Å². The summed E-state index contributed by atoms with van der Waals surface area (Å²) in [5.41, 5.74) is 1.68. The van der Waals surface area contributed by atoms with Crippen molar-refractivity contribution in [2.75, 3.05) is 5.32 Å². The van der Waals surface area contributed by atoms with Crippen LogP contribution in [0.3, 0.4) is 0 Å². The van der Waals surface area contributed by atoms with Gasteiger partial charge in [0.25, 0.3) is 0 Å². The molecule has 1 unspecified atom stereocenters. The van der Waals surface area contributed by atoms with Crippen molar-refractivity contribution in [2.24, 2.45) is 0 Å². The van der Waals surface area contributed by atoms with Crippen molar-refractivity contribution in [2.45, 2.75) is 46.6 Å². The number of nitrogens with zero attached hydrogens (tertiary/aromatic N) is 1. The highest BCUT2D eigenvalue weighted by Crippen LogP contribution is 2.18. The largest absolute Gasteiger partial charge is 0.353 e. The van der Waals surface area contributed by atoms with E-state index >= 15 is 0 Å². The van der Waals surface area contributed by atoms with Crippen LogP contribution in [0, 0.1) is 6.92 Å². The van der Waals surface area contributed by atoms with E-state index in [9.17, 15) is 9.59 Å². The van der Waals surface area contributed by atoms with Gasteiger partial charge < -0.3 is 9.84 Å². The molecule has 0 fully saturated rings. The van der Waals surface area contributed by atoms with E-state index in [0.717, 1.165) is 17.7 Å². The van der Waals surface area contributed by atoms with Crippen LogP contribution in [0.1, 0.15) is 38.4 Å². The third kappa shape index (κ3) is 3.87. The molecule has 0 aromatic carbocycles. The van der Waals surface area contributed by atoms with Gasteiger partial charge in [0.1, 0.15) is 0 Å². The smallest absolute Gasteiger partial charge is 0.234 e. The van der Waals surface area contributed by atoms with Crippen LogP contribution in [-0.4, -0.2) is 23.0 Å². The van der Waals surface area contributed by atoms with Crippen molar-refractivity contribution >= 4 is 17.7 Å². The molecule has 0 aliphatic rings. The Morgan fingerprint density at radius 2 is 2.11 bits per heavy atom. The second-order valence-corrected chi connectivity index (χ2v) is 4.29. The number of carbonyl (C=O) groups excluding carboxylic acids is 2. The van der Waals surface area contributed by atoms with Crippen LogP contribution >= 0.6 is 0 Å². The minimum atomic E-state index is -0.212. The zero-order valence-electron chi connectivity index (χ0n) is 11.2. The standard InChI is InChI=1S/C12H19N3O3/c1-5-10-8(3)12(18-15-10)14-11(17)6-7(2)13-9(4)16/h7H,5-6H2,1-4H3,(H,13,16)(H,14,17). The topological polar surface area (TPSA) is 84.2 Å². The SMILES string of the molecule is CCc1noc(NC(=O)CC(C)NC(C)=O)c1C. The molecular weight excluding hydrogens is 234 g/mol. The fourth-order valence-corrected chi connectivity index (χ4v) is 1.67. The van der Waals surface area contributed by atoms with Crippen LogP contribution in [0.5, 0.6) is 0 Å². The van der Waals surface area contributed by atoms with Gasteiger partial charge in [-0.2, -0.15) is 0 Å². The summed E-state index contributed by atoms with van der Waals surface area (Å²) in [6, 6.07) is -0.212. The van der Waals surface area contributed by atoms with E-state index in [2.05, 4.69) is 15.8 Å². The molecule has 0 saturated heterocycles. The van der Waals surface area contributed by atoms with Gasteiger partial charge in [-0.3, -0.25) is 14.9 Å². The van der Waals surface area contributed by atoms with E-state index in [1.807, 2.05) is 13.8 Å². The first-order valence-electron chi connectivity index (χ1n) is 5.96.